The largest absolute Gasteiger partial charge is 0.481 e. The Hall–Kier alpha value is -1.32. The van der Waals surface area contributed by atoms with E-state index in [1.807, 2.05) is 0 Å². The van der Waals surface area contributed by atoms with Crippen LogP contribution in [0, 0.1) is 10.8 Å². The lowest BCUT2D eigenvalue weighted by Gasteiger charge is -2.39. The van der Waals surface area contributed by atoms with Gasteiger partial charge in [0.2, 0.25) is 5.91 Å². The summed E-state index contributed by atoms with van der Waals surface area (Å²) in [7, 11) is 0. The number of rotatable bonds is 5. The van der Waals surface area contributed by atoms with Crippen LogP contribution >= 0.6 is 0 Å². The number of hydrogen-bond donors (Lipinski definition) is 1. The molecule has 1 rings (SSSR count). The highest BCUT2D eigenvalue weighted by Gasteiger charge is 2.42. The van der Waals surface area contributed by atoms with Crippen LogP contribution in [0.25, 0.3) is 0 Å². The van der Waals surface area contributed by atoms with Crippen molar-refractivity contribution in [2.75, 3.05) is 13.1 Å². The lowest BCUT2D eigenvalue weighted by molar-refractivity contribution is -0.154. The summed E-state index contributed by atoms with van der Waals surface area (Å²) in [6.45, 7) is 11.0. The normalized spacial score (nSPS) is 23.4. The maximum Gasteiger partial charge on any atom is 0.311 e. The maximum absolute atomic E-state index is 12.3. The van der Waals surface area contributed by atoms with Crippen LogP contribution in [0.5, 0.6) is 0 Å². The van der Waals surface area contributed by atoms with Crippen LogP contribution in [0.1, 0.15) is 52.9 Å². The van der Waals surface area contributed by atoms with Crippen molar-refractivity contribution < 1.29 is 14.7 Å². The Kier molecular flexibility index (Phi) is 5.37. The van der Waals surface area contributed by atoms with E-state index in [1.54, 1.807) is 11.0 Å². The summed E-state index contributed by atoms with van der Waals surface area (Å²) in [5.74, 6) is -0.736. The quantitative estimate of drug-likeness (QED) is 0.788. The molecule has 0 spiro atoms. The lowest BCUT2D eigenvalue weighted by atomic mass is 9.77. The Morgan fingerprint density at radius 1 is 1.40 bits per heavy atom. The second-order valence-corrected chi connectivity index (χ2v) is 7.06. The number of hydrogen-bond acceptors (Lipinski definition) is 2. The molecule has 1 N–H and O–H groups in total. The van der Waals surface area contributed by atoms with E-state index in [1.165, 1.54) is 0 Å². The van der Waals surface area contributed by atoms with Crippen molar-refractivity contribution in [3.63, 3.8) is 0 Å². The van der Waals surface area contributed by atoms with Gasteiger partial charge in [-0.1, -0.05) is 26.8 Å². The van der Waals surface area contributed by atoms with E-state index in [2.05, 4.69) is 27.4 Å². The van der Waals surface area contributed by atoms with Gasteiger partial charge in [0.1, 0.15) is 0 Å². The van der Waals surface area contributed by atoms with E-state index in [9.17, 15) is 14.7 Å². The average Bonchev–Trinajstić information content (AvgIpc) is 2.35. The summed E-state index contributed by atoms with van der Waals surface area (Å²) >= 11 is 0. The van der Waals surface area contributed by atoms with Gasteiger partial charge >= 0.3 is 5.97 Å². The first-order valence-corrected chi connectivity index (χ1v) is 7.32. The fourth-order valence-electron chi connectivity index (χ4n) is 2.69. The number of allylic oxidation sites excluding steroid dienone is 1. The number of carboxylic acids is 1. The zero-order valence-electron chi connectivity index (χ0n) is 12.9. The molecule has 1 saturated heterocycles. The van der Waals surface area contributed by atoms with Crippen LogP contribution in [-0.2, 0) is 9.59 Å². The minimum atomic E-state index is -0.836. The molecule has 1 heterocycles. The van der Waals surface area contributed by atoms with Crippen molar-refractivity contribution in [2.24, 2.45) is 10.8 Å². The van der Waals surface area contributed by atoms with E-state index in [4.69, 9.17) is 0 Å². The number of piperidine rings is 1. The molecular weight excluding hydrogens is 254 g/mol. The van der Waals surface area contributed by atoms with Gasteiger partial charge in [-0.05, 0) is 31.1 Å². The van der Waals surface area contributed by atoms with Crippen molar-refractivity contribution in [1.29, 1.82) is 0 Å². The predicted molar refractivity (Wildman–Crippen MR) is 79.4 cm³/mol. The first-order valence-electron chi connectivity index (χ1n) is 7.32. The summed E-state index contributed by atoms with van der Waals surface area (Å²) in [5, 5.41) is 9.49. The molecule has 4 nitrogen and oxygen atoms in total. The van der Waals surface area contributed by atoms with Gasteiger partial charge in [0, 0.05) is 19.5 Å². The molecule has 0 aromatic heterocycles. The molecule has 1 aliphatic rings. The van der Waals surface area contributed by atoms with E-state index < -0.39 is 11.4 Å². The molecule has 0 radical (unpaired) electrons. The Balaban J connectivity index is 2.70. The zero-order chi connectivity index (χ0) is 15.4. The zero-order valence-corrected chi connectivity index (χ0v) is 12.9. The summed E-state index contributed by atoms with van der Waals surface area (Å²) in [6, 6.07) is 0. The highest BCUT2D eigenvalue weighted by Crippen LogP contribution is 2.35. The number of carboxylic acid groups (broad SMARTS) is 1. The van der Waals surface area contributed by atoms with E-state index >= 15 is 0 Å². The molecule has 0 saturated carbocycles. The van der Waals surface area contributed by atoms with Gasteiger partial charge in [0.25, 0.3) is 0 Å². The van der Waals surface area contributed by atoms with Crippen molar-refractivity contribution >= 4 is 11.9 Å². The summed E-state index contributed by atoms with van der Waals surface area (Å²) < 4.78 is 0. The predicted octanol–water partition coefficient (Wildman–Crippen LogP) is 3.08. The molecule has 0 aromatic carbocycles. The third kappa shape index (κ3) is 4.36. The monoisotopic (exact) mass is 281 g/mol. The minimum Gasteiger partial charge on any atom is -0.481 e. The number of amides is 1. The number of aliphatic carboxylic acids is 1. The Morgan fingerprint density at radius 3 is 2.55 bits per heavy atom. The third-order valence-electron chi connectivity index (χ3n) is 4.01. The second kappa shape index (κ2) is 6.42. The number of likely N-dealkylation sites (tertiary alicyclic amines) is 1. The molecule has 0 aromatic rings. The standard InChI is InChI=1S/C16H27NO3/c1-5-8-16(14(19)20)9-6-11-17(12-16)13(18)7-10-15(2,3)4/h5H,1,6-12H2,2-4H3,(H,19,20). The number of carbonyl (C=O) groups is 2. The molecular formula is C16H27NO3. The average molecular weight is 281 g/mol. The molecule has 4 heteroatoms. The van der Waals surface area contributed by atoms with E-state index in [-0.39, 0.29) is 11.3 Å². The first kappa shape index (κ1) is 16.7. The molecule has 20 heavy (non-hydrogen) atoms. The number of nitrogens with zero attached hydrogens (tertiary/aromatic N) is 1. The second-order valence-electron chi connectivity index (χ2n) is 7.06. The van der Waals surface area contributed by atoms with Gasteiger partial charge in [-0.3, -0.25) is 9.59 Å². The number of carbonyl (C=O) groups excluding carboxylic acids is 1. The van der Waals surface area contributed by atoms with Crippen molar-refractivity contribution in [1.82, 2.24) is 4.90 Å². The fourth-order valence-corrected chi connectivity index (χ4v) is 2.69. The van der Waals surface area contributed by atoms with Crippen LogP contribution in [0.2, 0.25) is 0 Å². The van der Waals surface area contributed by atoms with Gasteiger partial charge in [-0.25, -0.2) is 0 Å². The van der Waals surface area contributed by atoms with Crippen LogP contribution in [0.4, 0.5) is 0 Å². The van der Waals surface area contributed by atoms with Gasteiger partial charge in [-0.15, -0.1) is 6.58 Å². The summed E-state index contributed by atoms with van der Waals surface area (Å²) in [4.78, 5) is 25.6. The van der Waals surface area contributed by atoms with Crippen molar-refractivity contribution in [3.05, 3.63) is 12.7 Å². The third-order valence-corrected chi connectivity index (χ3v) is 4.01. The molecule has 1 aliphatic heterocycles. The van der Waals surface area contributed by atoms with Crippen LogP contribution in [-0.4, -0.2) is 35.0 Å². The van der Waals surface area contributed by atoms with Crippen LogP contribution in [0.3, 0.4) is 0 Å². The smallest absolute Gasteiger partial charge is 0.311 e. The van der Waals surface area contributed by atoms with E-state index in [0.29, 0.717) is 32.4 Å². The van der Waals surface area contributed by atoms with Crippen molar-refractivity contribution in [3.8, 4) is 0 Å². The summed E-state index contributed by atoms with van der Waals surface area (Å²) in [5.41, 5.74) is -0.714. The minimum absolute atomic E-state index is 0.0781. The molecule has 0 bridgehead atoms. The highest BCUT2D eigenvalue weighted by molar-refractivity contribution is 5.80. The van der Waals surface area contributed by atoms with Crippen LogP contribution in [0.15, 0.2) is 12.7 Å². The van der Waals surface area contributed by atoms with Gasteiger partial charge < -0.3 is 10.0 Å². The topological polar surface area (TPSA) is 57.6 Å². The van der Waals surface area contributed by atoms with Crippen LogP contribution < -0.4 is 0 Å². The molecule has 0 aliphatic carbocycles. The SMILES string of the molecule is C=CCC1(C(=O)O)CCCN(C(=O)CCC(C)(C)C)C1. The Bertz CT molecular complexity index is 384. The first-order chi connectivity index (χ1) is 9.20. The van der Waals surface area contributed by atoms with Gasteiger partial charge in [-0.2, -0.15) is 0 Å². The molecule has 1 atom stereocenters. The molecule has 114 valence electrons. The molecule has 1 fully saturated rings. The molecule has 1 amide bonds. The van der Waals surface area contributed by atoms with Crippen molar-refractivity contribution in [2.45, 2.75) is 52.9 Å². The van der Waals surface area contributed by atoms with Gasteiger partial charge in [0.05, 0.1) is 5.41 Å². The summed E-state index contributed by atoms with van der Waals surface area (Å²) in [6.07, 6.45) is 4.76. The van der Waals surface area contributed by atoms with Gasteiger partial charge in [0.15, 0.2) is 0 Å². The fraction of sp³-hybridized carbons (Fsp3) is 0.750. The maximum atomic E-state index is 12.3. The Morgan fingerprint density at radius 2 is 2.05 bits per heavy atom. The highest BCUT2D eigenvalue weighted by atomic mass is 16.4. The molecule has 1 unspecified atom stereocenters. The Labute approximate surface area is 121 Å². The van der Waals surface area contributed by atoms with E-state index in [0.717, 1.165) is 12.8 Å². The lowest BCUT2D eigenvalue weighted by Crippen LogP contribution is -2.49.